The highest BCUT2D eigenvalue weighted by Gasteiger charge is 2.24. The number of sulfone groups is 1. The summed E-state index contributed by atoms with van der Waals surface area (Å²) in [7, 11) is -2.25. The summed E-state index contributed by atoms with van der Waals surface area (Å²) in [5, 5.41) is 8.85. The van der Waals surface area contributed by atoms with Crippen LogP contribution in [0.2, 0.25) is 0 Å². The van der Waals surface area contributed by atoms with Crippen molar-refractivity contribution in [3.05, 3.63) is 39.3 Å². The third-order valence-electron chi connectivity index (χ3n) is 2.66. The highest BCUT2D eigenvalue weighted by Crippen LogP contribution is 2.35. The first kappa shape index (κ1) is 15.9. The van der Waals surface area contributed by atoms with Crippen LogP contribution >= 0.6 is 27.3 Å². The van der Waals surface area contributed by atoms with E-state index in [0.717, 1.165) is 4.90 Å². The van der Waals surface area contributed by atoms with Crippen molar-refractivity contribution in [1.82, 2.24) is 9.88 Å². The Bertz CT molecular complexity index is 759. The van der Waals surface area contributed by atoms with Gasteiger partial charge >= 0.3 is 6.09 Å². The van der Waals surface area contributed by atoms with E-state index in [1.54, 1.807) is 6.07 Å². The first-order chi connectivity index (χ1) is 9.82. The van der Waals surface area contributed by atoms with Crippen LogP contribution in [0.3, 0.4) is 0 Å². The van der Waals surface area contributed by atoms with Crippen LogP contribution in [0.25, 0.3) is 0 Å². The van der Waals surface area contributed by atoms with Crippen molar-refractivity contribution in [2.45, 2.75) is 16.3 Å². The molecule has 2 aromatic rings. The van der Waals surface area contributed by atoms with E-state index in [9.17, 15) is 13.2 Å². The molecule has 0 aliphatic carbocycles. The number of hydrogen-bond donors (Lipinski definition) is 1. The Hall–Kier alpha value is -1.45. The van der Waals surface area contributed by atoms with Gasteiger partial charge in [-0.1, -0.05) is 0 Å². The zero-order valence-corrected chi connectivity index (χ0v) is 14.1. The zero-order valence-electron chi connectivity index (χ0n) is 10.9. The Morgan fingerprint density at radius 1 is 1.52 bits per heavy atom. The molecule has 0 unspecified atom stereocenters. The van der Waals surface area contributed by atoms with Crippen molar-refractivity contribution < 1.29 is 18.3 Å². The normalized spacial score (nSPS) is 11.3. The molecule has 0 saturated carbocycles. The predicted molar refractivity (Wildman–Crippen MR) is 81.2 cm³/mol. The predicted octanol–water partition coefficient (Wildman–Crippen LogP) is 2.85. The van der Waals surface area contributed by atoms with E-state index in [1.807, 2.05) is 0 Å². The van der Waals surface area contributed by atoms with Crippen LogP contribution in [-0.4, -0.2) is 36.5 Å². The SMILES string of the molecule is CN(Cc1cc(S(=O)(=O)c2cccnc2)c(Br)s1)C(=O)O. The van der Waals surface area contributed by atoms with Crippen LogP contribution in [0, 0.1) is 0 Å². The average molecular weight is 391 g/mol. The van der Waals surface area contributed by atoms with Crippen molar-refractivity contribution in [1.29, 1.82) is 0 Å². The maximum absolute atomic E-state index is 12.5. The highest BCUT2D eigenvalue weighted by molar-refractivity contribution is 9.11. The fourth-order valence-electron chi connectivity index (χ4n) is 1.59. The molecule has 0 saturated heterocycles. The number of pyridine rings is 1. The third kappa shape index (κ3) is 3.42. The molecule has 0 aliphatic heterocycles. The minimum absolute atomic E-state index is 0.0987. The Balaban J connectivity index is 2.38. The first-order valence-electron chi connectivity index (χ1n) is 5.69. The smallest absolute Gasteiger partial charge is 0.407 e. The number of halogens is 1. The molecule has 9 heteroatoms. The molecule has 1 N–H and O–H groups in total. The number of nitrogens with zero attached hydrogens (tertiary/aromatic N) is 2. The maximum atomic E-state index is 12.5. The number of thiophene rings is 1. The quantitative estimate of drug-likeness (QED) is 0.866. The molecule has 0 radical (unpaired) electrons. The summed E-state index contributed by atoms with van der Waals surface area (Å²) in [4.78, 5) is 16.5. The van der Waals surface area contributed by atoms with E-state index < -0.39 is 15.9 Å². The first-order valence-corrected chi connectivity index (χ1v) is 8.79. The van der Waals surface area contributed by atoms with Crippen LogP contribution in [-0.2, 0) is 16.4 Å². The van der Waals surface area contributed by atoms with Crippen LogP contribution in [0.15, 0.2) is 44.2 Å². The van der Waals surface area contributed by atoms with Gasteiger partial charge in [-0.05, 0) is 34.1 Å². The molecule has 1 amide bonds. The average Bonchev–Trinajstić information content (AvgIpc) is 2.81. The molecule has 0 bridgehead atoms. The van der Waals surface area contributed by atoms with Crippen LogP contribution < -0.4 is 0 Å². The van der Waals surface area contributed by atoms with Crippen LogP contribution in [0.5, 0.6) is 0 Å². The molecule has 0 atom stereocenters. The fourth-order valence-corrected chi connectivity index (χ4v) is 5.54. The van der Waals surface area contributed by atoms with Crippen molar-refractivity contribution in [3.8, 4) is 0 Å². The second-order valence-electron chi connectivity index (χ2n) is 4.18. The van der Waals surface area contributed by atoms with Gasteiger partial charge in [-0.15, -0.1) is 11.3 Å². The second-order valence-corrected chi connectivity index (χ2v) is 8.55. The van der Waals surface area contributed by atoms with Gasteiger partial charge in [0.05, 0.1) is 20.1 Å². The topological polar surface area (TPSA) is 87.6 Å². The lowest BCUT2D eigenvalue weighted by molar-refractivity contribution is 0.154. The minimum atomic E-state index is -3.67. The number of aromatic nitrogens is 1. The number of rotatable bonds is 4. The monoisotopic (exact) mass is 390 g/mol. The van der Waals surface area contributed by atoms with E-state index in [-0.39, 0.29) is 16.3 Å². The number of amides is 1. The summed E-state index contributed by atoms with van der Waals surface area (Å²) >= 11 is 4.42. The summed E-state index contributed by atoms with van der Waals surface area (Å²) in [6.07, 6.45) is 1.70. The summed E-state index contributed by atoms with van der Waals surface area (Å²) in [5.74, 6) is 0. The minimum Gasteiger partial charge on any atom is -0.465 e. The molecule has 0 aromatic carbocycles. The second kappa shape index (κ2) is 6.12. The van der Waals surface area contributed by atoms with Crippen molar-refractivity contribution in [3.63, 3.8) is 0 Å². The van der Waals surface area contributed by atoms with Crippen molar-refractivity contribution in [2.24, 2.45) is 0 Å². The molecule has 2 rings (SSSR count). The fraction of sp³-hybridized carbons (Fsp3) is 0.167. The molecule has 6 nitrogen and oxygen atoms in total. The van der Waals surface area contributed by atoms with Gasteiger partial charge in [0, 0.05) is 24.3 Å². The van der Waals surface area contributed by atoms with Gasteiger partial charge in [-0.25, -0.2) is 13.2 Å². The van der Waals surface area contributed by atoms with Gasteiger partial charge in [-0.2, -0.15) is 0 Å². The summed E-state index contributed by atoms with van der Waals surface area (Å²) in [6, 6.07) is 4.50. The van der Waals surface area contributed by atoms with Crippen LogP contribution in [0.1, 0.15) is 4.88 Å². The van der Waals surface area contributed by atoms with Gasteiger partial charge < -0.3 is 10.0 Å². The lowest BCUT2D eigenvalue weighted by atomic mass is 10.4. The summed E-state index contributed by atoms with van der Waals surface area (Å²) in [5.41, 5.74) is 0. The zero-order chi connectivity index (χ0) is 15.6. The molecular weight excluding hydrogens is 380 g/mol. The van der Waals surface area contributed by atoms with Crippen molar-refractivity contribution in [2.75, 3.05) is 7.05 Å². The molecule has 2 heterocycles. The van der Waals surface area contributed by atoms with Gasteiger partial charge in [0.15, 0.2) is 0 Å². The summed E-state index contributed by atoms with van der Waals surface area (Å²) < 4.78 is 25.4. The number of carboxylic acid groups (broad SMARTS) is 1. The third-order valence-corrected chi connectivity index (χ3v) is 6.64. The Labute approximate surface area is 134 Å². The van der Waals surface area contributed by atoms with Gasteiger partial charge in [-0.3, -0.25) is 4.98 Å². The molecule has 0 fully saturated rings. The lowest BCUT2D eigenvalue weighted by Crippen LogP contribution is -2.23. The Kier molecular flexibility index (Phi) is 4.64. The van der Waals surface area contributed by atoms with Gasteiger partial charge in [0.2, 0.25) is 9.84 Å². The van der Waals surface area contributed by atoms with E-state index in [4.69, 9.17) is 5.11 Å². The number of hydrogen-bond acceptors (Lipinski definition) is 5. The standard InChI is InChI=1S/C12H11BrN2O4S2/c1-15(12(16)17)7-8-5-10(11(13)20-8)21(18,19)9-3-2-4-14-6-9/h2-6H,7H2,1H3,(H,16,17). The van der Waals surface area contributed by atoms with Gasteiger partial charge in [0.25, 0.3) is 0 Å². The van der Waals surface area contributed by atoms with Gasteiger partial charge in [0.1, 0.15) is 0 Å². The lowest BCUT2D eigenvalue weighted by Gasteiger charge is -2.10. The molecule has 0 spiro atoms. The van der Waals surface area contributed by atoms with E-state index in [0.29, 0.717) is 8.66 Å². The largest absolute Gasteiger partial charge is 0.465 e. The maximum Gasteiger partial charge on any atom is 0.407 e. The summed E-state index contributed by atoms with van der Waals surface area (Å²) in [6.45, 7) is 0.126. The molecule has 0 aliphatic rings. The molecule has 112 valence electrons. The molecular formula is C12H11BrN2O4S2. The molecule has 21 heavy (non-hydrogen) atoms. The van der Waals surface area contributed by atoms with E-state index >= 15 is 0 Å². The van der Waals surface area contributed by atoms with E-state index in [2.05, 4.69) is 20.9 Å². The van der Waals surface area contributed by atoms with E-state index in [1.165, 1.54) is 42.9 Å². The van der Waals surface area contributed by atoms with Crippen molar-refractivity contribution >= 4 is 43.2 Å². The molecule has 2 aromatic heterocycles. The Morgan fingerprint density at radius 3 is 2.81 bits per heavy atom. The Morgan fingerprint density at radius 2 is 2.24 bits per heavy atom. The van der Waals surface area contributed by atoms with Crippen LogP contribution in [0.4, 0.5) is 4.79 Å². The number of carbonyl (C=O) groups is 1. The highest BCUT2D eigenvalue weighted by atomic mass is 79.9.